The van der Waals surface area contributed by atoms with Crippen molar-refractivity contribution in [2.45, 2.75) is 31.2 Å². The van der Waals surface area contributed by atoms with Gasteiger partial charge in [0.05, 0.1) is 18.3 Å². The Labute approximate surface area is 166 Å². The van der Waals surface area contributed by atoms with Crippen LogP contribution >= 0.6 is 0 Å². The lowest BCUT2D eigenvalue weighted by molar-refractivity contribution is 0.159. The van der Waals surface area contributed by atoms with Crippen molar-refractivity contribution in [3.63, 3.8) is 0 Å². The number of amides is 2. The number of hydrogen-bond acceptors (Lipinski definition) is 4. The van der Waals surface area contributed by atoms with E-state index in [1.54, 1.807) is 11.8 Å². The largest absolute Gasteiger partial charge is 0.383 e. The van der Waals surface area contributed by atoms with Gasteiger partial charge in [0.1, 0.15) is 5.82 Å². The smallest absolute Gasteiger partial charge is 0.320 e. The van der Waals surface area contributed by atoms with Gasteiger partial charge in [0.25, 0.3) is 0 Å². The van der Waals surface area contributed by atoms with Gasteiger partial charge < -0.3 is 10.1 Å². The molecule has 4 rings (SSSR count). The van der Waals surface area contributed by atoms with Gasteiger partial charge in [-0.1, -0.05) is 30.3 Å². The van der Waals surface area contributed by atoms with E-state index in [2.05, 4.69) is 44.9 Å². The van der Waals surface area contributed by atoms with Crippen LogP contribution in [0.3, 0.4) is 0 Å². The molecular weight excluding hydrogens is 354 g/mol. The molecule has 1 aliphatic carbocycles. The van der Waals surface area contributed by atoms with Gasteiger partial charge in [0.2, 0.25) is 0 Å². The molecule has 2 amide bonds. The summed E-state index contributed by atoms with van der Waals surface area (Å²) < 4.78 is 7.03. The normalized spacial score (nSPS) is 21.6. The second-order valence-electron chi connectivity index (χ2n) is 7.73. The van der Waals surface area contributed by atoms with Gasteiger partial charge in [0.15, 0.2) is 0 Å². The first-order valence-corrected chi connectivity index (χ1v) is 10.0. The first kappa shape index (κ1) is 19.0. The summed E-state index contributed by atoms with van der Waals surface area (Å²) in [6.45, 7) is 3.30. The predicted octanol–water partition coefficient (Wildman–Crippen LogP) is 2.14. The van der Waals surface area contributed by atoms with E-state index < -0.39 is 0 Å². The standard InChI is InChI=1S/C21H29N5O2/c1-25-20(16-9-6-10-18(16)24-25)23-21(27)22-19-14-26(11-12-28-2)13-17(19)15-7-4-3-5-8-15/h3-5,7-8,17,19H,6,9-14H2,1-2H3,(H2,22,23,27)/t17-,19+/m0/s1. The van der Waals surface area contributed by atoms with Gasteiger partial charge >= 0.3 is 6.03 Å². The van der Waals surface area contributed by atoms with Crippen LogP contribution in [0.4, 0.5) is 10.6 Å². The van der Waals surface area contributed by atoms with Crippen LogP contribution in [0.15, 0.2) is 30.3 Å². The molecule has 7 nitrogen and oxygen atoms in total. The summed E-state index contributed by atoms with van der Waals surface area (Å²) in [5.74, 6) is 1.09. The number of anilines is 1. The molecule has 0 unspecified atom stereocenters. The number of likely N-dealkylation sites (tertiary alicyclic amines) is 1. The number of hydrogen-bond donors (Lipinski definition) is 2. The quantitative estimate of drug-likeness (QED) is 0.802. The number of fused-ring (bicyclic) bond motifs is 1. The topological polar surface area (TPSA) is 71.4 Å². The summed E-state index contributed by atoms with van der Waals surface area (Å²) in [6.07, 6.45) is 3.10. The first-order chi connectivity index (χ1) is 13.7. The maximum Gasteiger partial charge on any atom is 0.320 e. The summed E-state index contributed by atoms with van der Waals surface area (Å²) in [7, 11) is 3.61. The Morgan fingerprint density at radius 2 is 2.07 bits per heavy atom. The van der Waals surface area contributed by atoms with Crippen LogP contribution in [0.5, 0.6) is 0 Å². The van der Waals surface area contributed by atoms with Crippen LogP contribution in [0, 0.1) is 0 Å². The molecule has 0 radical (unpaired) electrons. The average molecular weight is 383 g/mol. The van der Waals surface area contributed by atoms with E-state index in [4.69, 9.17) is 4.74 Å². The Kier molecular flexibility index (Phi) is 5.64. The number of methoxy groups -OCH3 is 1. The van der Waals surface area contributed by atoms with Crippen molar-refractivity contribution in [2.24, 2.45) is 7.05 Å². The summed E-state index contributed by atoms with van der Waals surface area (Å²) in [4.78, 5) is 15.2. The van der Waals surface area contributed by atoms with Crippen molar-refractivity contribution >= 4 is 11.8 Å². The SMILES string of the molecule is COCCN1C[C@@H](NC(=O)Nc2c3c(nn2C)CCC3)[C@H](c2ccccc2)C1. The lowest BCUT2D eigenvalue weighted by Gasteiger charge is -2.21. The van der Waals surface area contributed by atoms with E-state index in [-0.39, 0.29) is 18.0 Å². The molecule has 1 aromatic carbocycles. The second-order valence-corrected chi connectivity index (χ2v) is 7.73. The van der Waals surface area contributed by atoms with Crippen molar-refractivity contribution in [3.05, 3.63) is 47.2 Å². The van der Waals surface area contributed by atoms with Gasteiger partial charge in [-0.15, -0.1) is 0 Å². The fraction of sp³-hybridized carbons (Fsp3) is 0.524. The molecular formula is C21H29N5O2. The molecule has 0 saturated carbocycles. The van der Waals surface area contributed by atoms with Crippen LogP contribution in [0.1, 0.15) is 29.2 Å². The third-order valence-electron chi connectivity index (χ3n) is 5.85. The van der Waals surface area contributed by atoms with Crippen molar-refractivity contribution in [1.82, 2.24) is 20.0 Å². The molecule has 0 spiro atoms. The molecule has 2 aliphatic rings. The zero-order chi connectivity index (χ0) is 19.5. The number of urea groups is 1. The number of aromatic nitrogens is 2. The Bertz CT molecular complexity index is 820. The Morgan fingerprint density at radius 3 is 2.86 bits per heavy atom. The molecule has 2 aromatic rings. The molecule has 1 aromatic heterocycles. The highest BCUT2D eigenvalue weighted by Gasteiger charge is 2.35. The molecule has 2 N–H and O–H groups in total. The zero-order valence-corrected chi connectivity index (χ0v) is 16.6. The summed E-state index contributed by atoms with van der Waals surface area (Å²) in [6, 6.07) is 10.3. The maximum absolute atomic E-state index is 12.8. The average Bonchev–Trinajstić information content (AvgIpc) is 3.38. The number of ether oxygens (including phenoxy) is 1. The molecule has 1 aliphatic heterocycles. The number of aryl methyl sites for hydroxylation is 2. The highest BCUT2D eigenvalue weighted by Crippen LogP contribution is 2.29. The number of rotatable bonds is 6. The van der Waals surface area contributed by atoms with Gasteiger partial charge in [-0.2, -0.15) is 5.10 Å². The van der Waals surface area contributed by atoms with Crippen molar-refractivity contribution in [3.8, 4) is 0 Å². The van der Waals surface area contributed by atoms with Crippen LogP contribution in [0.2, 0.25) is 0 Å². The Hall–Kier alpha value is -2.38. The molecule has 7 heteroatoms. The number of benzene rings is 1. The van der Waals surface area contributed by atoms with Crippen LogP contribution in [0.25, 0.3) is 0 Å². The predicted molar refractivity (Wildman–Crippen MR) is 109 cm³/mol. The van der Waals surface area contributed by atoms with Crippen LogP contribution in [-0.4, -0.2) is 60.1 Å². The number of carbonyl (C=O) groups is 1. The molecule has 1 saturated heterocycles. The highest BCUT2D eigenvalue weighted by atomic mass is 16.5. The van der Waals surface area contributed by atoms with E-state index in [1.807, 2.05) is 13.1 Å². The van der Waals surface area contributed by atoms with Crippen molar-refractivity contribution in [1.29, 1.82) is 0 Å². The molecule has 150 valence electrons. The van der Waals surface area contributed by atoms with E-state index in [0.29, 0.717) is 6.61 Å². The van der Waals surface area contributed by atoms with E-state index in [1.165, 1.54) is 11.1 Å². The lowest BCUT2D eigenvalue weighted by atomic mass is 9.94. The number of nitrogens with one attached hydrogen (secondary N) is 2. The van der Waals surface area contributed by atoms with E-state index >= 15 is 0 Å². The zero-order valence-electron chi connectivity index (χ0n) is 16.6. The monoisotopic (exact) mass is 383 g/mol. The molecule has 28 heavy (non-hydrogen) atoms. The molecule has 2 atom stereocenters. The van der Waals surface area contributed by atoms with Crippen molar-refractivity contribution < 1.29 is 9.53 Å². The summed E-state index contributed by atoms with van der Waals surface area (Å²) in [5.41, 5.74) is 3.56. The number of nitrogens with zero attached hydrogens (tertiary/aromatic N) is 3. The van der Waals surface area contributed by atoms with Gasteiger partial charge in [-0.25, -0.2) is 4.79 Å². The van der Waals surface area contributed by atoms with Gasteiger partial charge in [-0.3, -0.25) is 14.9 Å². The second kappa shape index (κ2) is 8.32. The fourth-order valence-corrected chi connectivity index (χ4v) is 4.46. The number of carbonyl (C=O) groups excluding carboxylic acids is 1. The third-order valence-corrected chi connectivity index (χ3v) is 5.85. The minimum atomic E-state index is -0.155. The molecule has 1 fully saturated rings. The Balaban J connectivity index is 1.46. The van der Waals surface area contributed by atoms with Crippen molar-refractivity contribution in [2.75, 3.05) is 38.7 Å². The summed E-state index contributed by atoms with van der Waals surface area (Å²) in [5, 5.41) is 10.8. The minimum absolute atomic E-state index is 0.0560. The Morgan fingerprint density at radius 1 is 1.25 bits per heavy atom. The molecule has 2 heterocycles. The fourth-order valence-electron chi connectivity index (χ4n) is 4.46. The maximum atomic E-state index is 12.8. The molecule has 0 bridgehead atoms. The van der Waals surface area contributed by atoms with Crippen LogP contribution < -0.4 is 10.6 Å². The minimum Gasteiger partial charge on any atom is -0.383 e. The van der Waals surface area contributed by atoms with E-state index in [9.17, 15) is 4.79 Å². The first-order valence-electron chi connectivity index (χ1n) is 10.0. The third kappa shape index (κ3) is 3.91. The van der Waals surface area contributed by atoms with Gasteiger partial charge in [0, 0.05) is 45.3 Å². The van der Waals surface area contributed by atoms with E-state index in [0.717, 1.165) is 50.4 Å². The lowest BCUT2D eigenvalue weighted by Crippen LogP contribution is -2.42. The highest BCUT2D eigenvalue weighted by molar-refractivity contribution is 5.89. The summed E-state index contributed by atoms with van der Waals surface area (Å²) >= 11 is 0. The van der Waals surface area contributed by atoms with Gasteiger partial charge in [-0.05, 0) is 24.8 Å². The van der Waals surface area contributed by atoms with Crippen LogP contribution in [-0.2, 0) is 24.6 Å².